The first kappa shape index (κ1) is 25.6. The summed E-state index contributed by atoms with van der Waals surface area (Å²) in [6, 6.07) is 2.01. The van der Waals surface area contributed by atoms with Crippen molar-refractivity contribution in [2.45, 2.75) is 40.0 Å². The number of thiophene rings is 1. The zero-order chi connectivity index (χ0) is 26.0. The van der Waals surface area contributed by atoms with E-state index in [4.69, 9.17) is 9.47 Å². The van der Waals surface area contributed by atoms with E-state index in [0.717, 1.165) is 14.8 Å². The van der Waals surface area contributed by atoms with Gasteiger partial charge in [0.25, 0.3) is 0 Å². The number of rotatable bonds is 8. The molecule has 194 valence electrons. The van der Waals surface area contributed by atoms with Gasteiger partial charge in [-0.2, -0.15) is 23.1 Å². The summed E-state index contributed by atoms with van der Waals surface area (Å²) in [5.41, 5.74) is 0. The molecule has 4 heterocycles. The van der Waals surface area contributed by atoms with Crippen molar-refractivity contribution < 1.29 is 32.2 Å². The van der Waals surface area contributed by atoms with Crippen LogP contribution in [0, 0.1) is 6.92 Å². The monoisotopic (exact) mass is 527 g/mol. The van der Waals surface area contributed by atoms with Crippen LogP contribution in [0.1, 0.15) is 30.4 Å². The second-order valence-electron chi connectivity index (χ2n) is 8.11. The molecule has 0 saturated heterocycles. The Kier molecular flexibility index (Phi) is 7.28. The number of anilines is 1. The van der Waals surface area contributed by atoms with Crippen LogP contribution < -0.4 is 9.64 Å². The molecule has 3 aromatic rings. The second kappa shape index (κ2) is 10.2. The van der Waals surface area contributed by atoms with Crippen LogP contribution in [0.25, 0.3) is 10.2 Å². The maximum atomic E-state index is 13.2. The molecule has 11 nitrogen and oxygen atoms in total. The Morgan fingerprint density at radius 2 is 1.89 bits per heavy atom. The topological polar surface area (TPSA) is 116 Å². The number of fused-ring (bicyclic) bond motifs is 2. The fourth-order valence-corrected chi connectivity index (χ4v) is 4.70. The fourth-order valence-electron chi connectivity index (χ4n) is 3.84. The summed E-state index contributed by atoms with van der Waals surface area (Å²) in [6.45, 7) is 5.66. The molecule has 4 rings (SSSR count). The van der Waals surface area contributed by atoms with Crippen molar-refractivity contribution in [2.75, 3.05) is 37.7 Å². The molecule has 1 aliphatic heterocycles. The van der Waals surface area contributed by atoms with Gasteiger partial charge in [-0.25, -0.2) is 0 Å². The molecule has 0 aliphatic carbocycles. The highest BCUT2D eigenvalue weighted by Crippen LogP contribution is 2.35. The Bertz CT molecular complexity index is 1280. The van der Waals surface area contributed by atoms with Crippen LogP contribution in [0.15, 0.2) is 6.07 Å². The van der Waals surface area contributed by atoms with Crippen LogP contribution in [0.2, 0.25) is 0 Å². The zero-order valence-electron chi connectivity index (χ0n) is 19.8. The third-order valence-electron chi connectivity index (χ3n) is 5.49. The molecule has 0 saturated carbocycles. The Balaban J connectivity index is 1.50. The molecule has 0 radical (unpaired) electrons. The molecule has 0 aromatic carbocycles. The number of carbonyl (C=O) groups excluding carboxylic acids is 2. The van der Waals surface area contributed by atoms with E-state index in [-0.39, 0.29) is 63.7 Å². The van der Waals surface area contributed by atoms with Crippen LogP contribution in [0.5, 0.6) is 6.01 Å². The van der Waals surface area contributed by atoms with E-state index in [1.54, 1.807) is 0 Å². The Morgan fingerprint density at radius 3 is 2.58 bits per heavy atom. The number of aromatic nitrogens is 5. The first-order valence-electron chi connectivity index (χ1n) is 11.1. The molecular weight excluding hydrogens is 503 g/mol. The summed E-state index contributed by atoms with van der Waals surface area (Å²) in [6.07, 6.45) is -4.58. The zero-order valence-corrected chi connectivity index (χ0v) is 20.6. The van der Waals surface area contributed by atoms with Crippen LogP contribution in [0.4, 0.5) is 19.0 Å². The predicted molar refractivity (Wildman–Crippen MR) is 123 cm³/mol. The van der Waals surface area contributed by atoms with Gasteiger partial charge in [0.2, 0.25) is 11.7 Å². The first-order chi connectivity index (χ1) is 17.0. The van der Waals surface area contributed by atoms with E-state index in [1.807, 2.05) is 17.9 Å². The summed E-state index contributed by atoms with van der Waals surface area (Å²) in [5.74, 6) is -0.919. The van der Waals surface area contributed by atoms with Gasteiger partial charge in [-0.3, -0.25) is 9.59 Å². The highest BCUT2D eigenvalue weighted by Gasteiger charge is 2.39. The van der Waals surface area contributed by atoms with Gasteiger partial charge < -0.3 is 23.8 Å². The lowest BCUT2D eigenvalue weighted by atomic mass is 10.3. The van der Waals surface area contributed by atoms with Crippen molar-refractivity contribution in [1.29, 1.82) is 0 Å². The van der Waals surface area contributed by atoms with E-state index in [0.29, 0.717) is 10.6 Å². The molecule has 0 spiro atoms. The molecular formula is C21H24F3N7O4S. The van der Waals surface area contributed by atoms with Crippen molar-refractivity contribution in [2.24, 2.45) is 0 Å². The molecule has 1 amide bonds. The van der Waals surface area contributed by atoms with Gasteiger partial charge in [-0.1, -0.05) is 0 Å². The highest BCUT2D eigenvalue weighted by atomic mass is 32.1. The summed E-state index contributed by atoms with van der Waals surface area (Å²) >= 11 is 1.44. The summed E-state index contributed by atoms with van der Waals surface area (Å²) in [5, 5.41) is 7.83. The lowest BCUT2D eigenvalue weighted by Crippen LogP contribution is -2.36. The minimum Gasteiger partial charge on any atom is -0.464 e. The maximum absolute atomic E-state index is 13.2. The maximum Gasteiger partial charge on any atom is 0.451 e. The normalized spacial score (nSPS) is 13.6. The number of hydrogen-bond acceptors (Lipinski definition) is 10. The third kappa shape index (κ3) is 5.66. The minimum atomic E-state index is -4.58. The molecule has 3 aromatic heterocycles. The van der Waals surface area contributed by atoms with Gasteiger partial charge in [0.15, 0.2) is 5.82 Å². The third-order valence-corrected chi connectivity index (χ3v) is 6.43. The van der Waals surface area contributed by atoms with E-state index in [1.165, 1.54) is 30.1 Å². The van der Waals surface area contributed by atoms with E-state index in [9.17, 15) is 22.8 Å². The van der Waals surface area contributed by atoms with Crippen LogP contribution in [0.3, 0.4) is 0 Å². The standard InChI is InChI=1S/C21H24F3N7O4S/c1-12-10-15-17(30-4-5-31-16(11-30)27-28-19(31)21(22,23)24)25-20(26-18(15)36-12)35-9-7-29(13(2)32)6-8-34-14(3)33/h10H,4-9,11H2,1-3H3. The minimum absolute atomic E-state index is 0.0535. The fraction of sp³-hybridized carbons (Fsp3) is 0.524. The molecule has 15 heteroatoms. The molecule has 0 fully saturated rings. The number of ether oxygens (including phenoxy) is 2. The van der Waals surface area contributed by atoms with Gasteiger partial charge in [-0.15, -0.1) is 21.5 Å². The molecule has 0 N–H and O–H groups in total. The van der Waals surface area contributed by atoms with Crippen LogP contribution in [-0.2, 0) is 33.6 Å². The van der Waals surface area contributed by atoms with Crippen molar-refractivity contribution in [3.05, 3.63) is 22.6 Å². The van der Waals surface area contributed by atoms with Gasteiger partial charge in [0.1, 0.15) is 23.9 Å². The van der Waals surface area contributed by atoms with Crippen molar-refractivity contribution in [3.8, 4) is 6.01 Å². The Labute approximate surface area is 207 Å². The summed E-state index contributed by atoms with van der Waals surface area (Å²) in [4.78, 5) is 36.8. The van der Waals surface area contributed by atoms with E-state index < -0.39 is 18.0 Å². The number of carbonyl (C=O) groups is 2. The van der Waals surface area contributed by atoms with E-state index >= 15 is 0 Å². The van der Waals surface area contributed by atoms with Gasteiger partial charge in [-0.05, 0) is 13.0 Å². The largest absolute Gasteiger partial charge is 0.464 e. The Morgan fingerprint density at radius 1 is 1.14 bits per heavy atom. The molecule has 1 aliphatic rings. The second-order valence-corrected chi connectivity index (χ2v) is 9.35. The lowest BCUT2D eigenvalue weighted by Gasteiger charge is -2.29. The quantitative estimate of drug-likeness (QED) is 0.407. The number of aryl methyl sites for hydroxylation is 1. The van der Waals surface area contributed by atoms with Crippen molar-refractivity contribution in [3.63, 3.8) is 0 Å². The van der Waals surface area contributed by atoms with Crippen molar-refractivity contribution >= 4 is 39.2 Å². The number of esters is 1. The number of nitrogens with zero attached hydrogens (tertiary/aromatic N) is 7. The lowest BCUT2D eigenvalue weighted by molar-refractivity contribution is -0.147. The highest BCUT2D eigenvalue weighted by molar-refractivity contribution is 7.18. The van der Waals surface area contributed by atoms with E-state index in [2.05, 4.69) is 20.2 Å². The SMILES string of the molecule is CC(=O)OCCN(CCOc1nc(N2CCn3c(nnc3C(F)(F)F)C2)c2cc(C)sc2n1)C(C)=O. The summed E-state index contributed by atoms with van der Waals surface area (Å²) in [7, 11) is 0. The van der Waals surface area contributed by atoms with Gasteiger partial charge in [0.05, 0.1) is 25.0 Å². The predicted octanol–water partition coefficient (Wildman–Crippen LogP) is 2.42. The first-order valence-corrected chi connectivity index (χ1v) is 11.9. The molecule has 36 heavy (non-hydrogen) atoms. The number of amides is 1. The molecule has 0 atom stereocenters. The smallest absolute Gasteiger partial charge is 0.451 e. The van der Waals surface area contributed by atoms with Gasteiger partial charge in [0, 0.05) is 31.8 Å². The Hall–Kier alpha value is -3.49. The van der Waals surface area contributed by atoms with Gasteiger partial charge >= 0.3 is 18.2 Å². The van der Waals surface area contributed by atoms with Crippen LogP contribution in [-0.4, -0.2) is 74.4 Å². The average molecular weight is 528 g/mol. The summed E-state index contributed by atoms with van der Waals surface area (Å²) < 4.78 is 51.3. The molecule has 0 unspecified atom stereocenters. The number of hydrogen-bond donors (Lipinski definition) is 0. The van der Waals surface area contributed by atoms with Crippen LogP contribution >= 0.6 is 11.3 Å². The molecule has 0 bridgehead atoms. The number of alkyl halides is 3. The van der Waals surface area contributed by atoms with Crippen molar-refractivity contribution in [1.82, 2.24) is 29.6 Å². The number of halogens is 3. The average Bonchev–Trinajstić information content (AvgIpc) is 3.39.